The SMILES string of the molecule is CCCN(CC)c1ccc(/C=N/NC(=S)Nc2cccc(OC)c2)cc1. The van der Waals surface area contributed by atoms with Crippen LogP contribution in [0.5, 0.6) is 5.75 Å². The van der Waals surface area contributed by atoms with E-state index in [0.29, 0.717) is 5.11 Å². The Kier molecular flexibility index (Phi) is 7.89. The summed E-state index contributed by atoms with van der Waals surface area (Å²) in [6.07, 6.45) is 2.89. The number of benzene rings is 2. The maximum atomic E-state index is 5.25. The Labute approximate surface area is 161 Å². The van der Waals surface area contributed by atoms with Crippen LogP contribution in [0.2, 0.25) is 0 Å². The van der Waals surface area contributed by atoms with Crippen LogP contribution in [0, 0.1) is 0 Å². The molecule has 5 nitrogen and oxygen atoms in total. The molecule has 138 valence electrons. The Bertz CT molecular complexity index is 731. The average molecular weight is 371 g/mol. The van der Waals surface area contributed by atoms with Gasteiger partial charge in [-0.3, -0.25) is 5.43 Å². The van der Waals surface area contributed by atoms with E-state index in [1.165, 1.54) is 5.69 Å². The quantitative estimate of drug-likeness (QED) is 0.413. The summed E-state index contributed by atoms with van der Waals surface area (Å²) in [4.78, 5) is 2.35. The predicted octanol–water partition coefficient (Wildman–Crippen LogP) is 4.25. The monoisotopic (exact) mass is 370 g/mol. The van der Waals surface area contributed by atoms with Gasteiger partial charge in [0.15, 0.2) is 5.11 Å². The van der Waals surface area contributed by atoms with Crippen molar-refractivity contribution >= 4 is 34.9 Å². The molecule has 26 heavy (non-hydrogen) atoms. The Morgan fingerprint density at radius 1 is 1.19 bits per heavy atom. The van der Waals surface area contributed by atoms with E-state index in [1.54, 1.807) is 13.3 Å². The molecule has 0 unspecified atom stereocenters. The minimum Gasteiger partial charge on any atom is -0.497 e. The Balaban J connectivity index is 1.88. The lowest BCUT2D eigenvalue weighted by atomic mass is 10.2. The van der Waals surface area contributed by atoms with Crippen LogP contribution in [0.1, 0.15) is 25.8 Å². The summed E-state index contributed by atoms with van der Waals surface area (Å²) in [5, 5.41) is 7.68. The van der Waals surface area contributed by atoms with Crippen LogP contribution in [0.4, 0.5) is 11.4 Å². The first-order valence-corrected chi connectivity index (χ1v) is 9.16. The summed E-state index contributed by atoms with van der Waals surface area (Å²) in [6, 6.07) is 15.9. The molecule has 0 spiro atoms. The van der Waals surface area contributed by atoms with Gasteiger partial charge in [-0.15, -0.1) is 0 Å². The third-order valence-electron chi connectivity index (χ3n) is 3.84. The number of rotatable bonds is 8. The van der Waals surface area contributed by atoms with Gasteiger partial charge in [-0.05, 0) is 55.4 Å². The van der Waals surface area contributed by atoms with Gasteiger partial charge in [0.1, 0.15) is 5.75 Å². The van der Waals surface area contributed by atoms with Crippen molar-refractivity contribution in [3.05, 3.63) is 54.1 Å². The Hall–Kier alpha value is -2.60. The standard InChI is InChI=1S/C20H26N4OS/c1-4-13-24(5-2)18-11-9-16(10-12-18)15-21-23-20(26)22-17-7-6-8-19(14-17)25-3/h6-12,14-15H,4-5,13H2,1-3H3,(H2,22,23,26)/b21-15+. The highest BCUT2D eigenvalue weighted by Crippen LogP contribution is 2.16. The normalized spacial score (nSPS) is 10.6. The molecule has 6 heteroatoms. The lowest BCUT2D eigenvalue weighted by molar-refractivity contribution is 0.415. The van der Waals surface area contributed by atoms with Crippen LogP contribution in [-0.4, -0.2) is 31.5 Å². The highest BCUT2D eigenvalue weighted by Gasteiger charge is 2.02. The minimum absolute atomic E-state index is 0.422. The fourth-order valence-electron chi connectivity index (χ4n) is 2.54. The number of hydrazone groups is 1. The lowest BCUT2D eigenvalue weighted by Gasteiger charge is -2.22. The van der Waals surface area contributed by atoms with E-state index < -0.39 is 0 Å². The van der Waals surface area contributed by atoms with Crippen molar-refractivity contribution in [3.63, 3.8) is 0 Å². The molecule has 0 fully saturated rings. The third kappa shape index (κ3) is 6.04. The molecule has 0 amide bonds. The number of methoxy groups -OCH3 is 1. The van der Waals surface area contributed by atoms with E-state index in [4.69, 9.17) is 17.0 Å². The summed E-state index contributed by atoms with van der Waals surface area (Å²) in [5.41, 5.74) is 5.91. The molecule has 2 aromatic rings. The van der Waals surface area contributed by atoms with Crippen molar-refractivity contribution in [2.24, 2.45) is 5.10 Å². The molecule has 0 aliphatic heterocycles. The Morgan fingerprint density at radius 3 is 2.62 bits per heavy atom. The fraction of sp³-hybridized carbons (Fsp3) is 0.300. The number of nitrogens with one attached hydrogen (secondary N) is 2. The minimum atomic E-state index is 0.422. The second-order valence-corrected chi connectivity index (χ2v) is 6.14. The van der Waals surface area contributed by atoms with Crippen LogP contribution in [0.15, 0.2) is 53.6 Å². The molecule has 0 aliphatic carbocycles. The van der Waals surface area contributed by atoms with E-state index >= 15 is 0 Å². The second-order valence-electron chi connectivity index (χ2n) is 5.73. The molecule has 0 aromatic heterocycles. The summed E-state index contributed by atoms with van der Waals surface area (Å²) in [7, 11) is 1.63. The molecule has 2 rings (SSSR count). The van der Waals surface area contributed by atoms with Gasteiger partial charge in [-0.2, -0.15) is 5.10 Å². The van der Waals surface area contributed by atoms with Crippen molar-refractivity contribution in [1.29, 1.82) is 0 Å². The van der Waals surface area contributed by atoms with Gasteiger partial charge in [0.2, 0.25) is 0 Å². The highest BCUT2D eigenvalue weighted by atomic mass is 32.1. The van der Waals surface area contributed by atoms with Crippen molar-refractivity contribution in [2.45, 2.75) is 20.3 Å². The largest absolute Gasteiger partial charge is 0.497 e. The average Bonchev–Trinajstić information content (AvgIpc) is 2.67. The molecule has 0 saturated carbocycles. The number of anilines is 2. The van der Waals surface area contributed by atoms with Crippen molar-refractivity contribution in [1.82, 2.24) is 5.43 Å². The molecular weight excluding hydrogens is 344 g/mol. The highest BCUT2D eigenvalue weighted by molar-refractivity contribution is 7.80. The maximum Gasteiger partial charge on any atom is 0.191 e. The smallest absolute Gasteiger partial charge is 0.191 e. The van der Waals surface area contributed by atoms with Crippen LogP contribution in [0.25, 0.3) is 0 Å². The first-order chi connectivity index (χ1) is 12.7. The third-order valence-corrected chi connectivity index (χ3v) is 4.03. The zero-order chi connectivity index (χ0) is 18.8. The topological polar surface area (TPSA) is 48.9 Å². The summed E-state index contributed by atoms with van der Waals surface area (Å²) < 4.78 is 5.19. The van der Waals surface area contributed by atoms with Gasteiger partial charge >= 0.3 is 0 Å². The van der Waals surface area contributed by atoms with Gasteiger partial charge in [-0.1, -0.05) is 25.1 Å². The van der Waals surface area contributed by atoms with Crippen molar-refractivity contribution in [3.8, 4) is 5.75 Å². The van der Waals surface area contributed by atoms with Gasteiger partial charge < -0.3 is 15.0 Å². The first-order valence-electron chi connectivity index (χ1n) is 8.75. The predicted molar refractivity (Wildman–Crippen MR) is 115 cm³/mol. The second kappa shape index (κ2) is 10.4. The maximum absolute atomic E-state index is 5.25. The van der Waals surface area contributed by atoms with E-state index in [9.17, 15) is 0 Å². The molecule has 2 aromatic carbocycles. The van der Waals surface area contributed by atoms with Crippen LogP contribution >= 0.6 is 12.2 Å². The summed E-state index contributed by atoms with van der Waals surface area (Å²) in [6.45, 7) is 6.44. The first kappa shape index (κ1) is 19.7. The molecule has 2 N–H and O–H groups in total. The van der Waals surface area contributed by atoms with E-state index in [0.717, 1.165) is 36.5 Å². The van der Waals surface area contributed by atoms with Gasteiger partial charge in [0, 0.05) is 30.5 Å². The lowest BCUT2D eigenvalue weighted by Crippen LogP contribution is -2.24. The molecule has 0 radical (unpaired) electrons. The van der Waals surface area contributed by atoms with Crippen LogP contribution in [-0.2, 0) is 0 Å². The van der Waals surface area contributed by atoms with E-state index in [1.807, 2.05) is 24.3 Å². The number of nitrogens with zero attached hydrogens (tertiary/aromatic N) is 2. The molecule has 0 bridgehead atoms. The number of thiocarbonyl (C=S) groups is 1. The zero-order valence-corrected chi connectivity index (χ0v) is 16.3. The van der Waals surface area contributed by atoms with E-state index in [2.05, 4.69) is 58.9 Å². The van der Waals surface area contributed by atoms with Gasteiger partial charge in [-0.25, -0.2) is 0 Å². The molecule has 0 atom stereocenters. The molecule has 0 heterocycles. The van der Waals surface area contributed by atoms with Crippen LogP contribution < -0.4 is 20.4 Å². The van der Waals surface area contributed by atoms with Crippen molar-refractivity contribution in [2.75, 3.05) is 30.4 Å². The van der Waals surface area contributed by atoms with Gasteiger partial charge in [0.25, 0.3) is 0 Å². The number of hydrogen-bond acceptors (Lipinski definition) is 4. The number of hydrogen-bond donors (Lipinski definition) is 2. The van der Waals surface area contributed by atoms with Crippen LogP contribution in [0.3, 0.4) is 0 Å². The molecule has 0 saturated heterocycles. The fourth-order valence-corrected chi connectivity index (χ4v) is 2.71. The molecule has 0 aliphatic rings. The summed E-state index contributed by atoms with van der Waals surface area (Å²) >= 11 is 5.25. The summed E-state index contributed by atoms with van der Waals surface area (Å²) in [5.74, 6) is 0.769. The zero-order valence-electron chi connectivity index (χ0n) is 15.5. The Morgan fingerprint density at radius 2 is 1.96 bits per heavy atom. The molecular formula is C20H26N4OS. The van der Waals surface area contributed by atoms with E-state index in [-0.39, 0.29) is 0 Å². The number of ether oxygens (including phenoxy) is 1. The van der Waals surface area contributed by atoms with Gasteiger partial charge in [0.05, 0.1) is 13.3 Å². The van der Waals surface area contributed by atoms with Crippen molar-refractivity contribution < 1.29 is 4.74 Å².